The molecule has 0 heterocycles. The fourth-order valence-corrected chi connectivity index (χ4v) is 3.00. The minimum atomic E-state index is 0.519. The lowest BCUT2D eigenvalue weighted by molar-refractivity contribution is 0.0419. The van der Waals surface area contributed by atoms with Crippen LogP contribution in [0.2, 0.25) is 0 Å². The van der Waals surface area contributed by atoms with Gasteiger partial charge >= 0.3 is 0 Å². The van der Waals surface area contributed by atoms with Crippen molar-refractivity contribution in [2.45, 2.75) is 81.1 Å². The van der Waals surface area contributed by atoms with Crippen LogP contribution in [0, 0.1) is 22.7 Å². The summed E-state index contributed by atoms with van der Waals surface area (Å²) >= 11 is 0. The van der Waals surface area contributed by atoms with Gasteiger partial charge in [0.1, 0.15) is 0 Å². The molecule has 0 fully saturated rings. The third-order valence-electron chi connectivity index (χ3n) is 6.18. The van der Waals surface area contributed by atoms with Gasteiger partial charge < -0.3 is 0 Å². The highest BCUT2D eigenvalue weighted by atomic mass is 14.4. The first-order valence-electron chi connectivity index (χ1n) is 7.31. The first-order chi connectivity index (χ1) is 7.31. The summed E-state index contributed by atoms with van der Waals surface area (Å²) in [4.78, 5) is 0. The average molecular weight is 226 g/mol. The van der Waals surface area contributed by atoms with Crippen LogP contribution in [0.3, 0.4) is 0 Å². The summed E-state index contributed by atoms with van der Waals surface area (Å²) in [6.07, 6.45) is 5.22. The van der Waals surface area contributed by atoms with E-state index in [2.05, 4.69) is 55.4 Å². The SMILES string of the molecule is CCC(C)(CC)C(C)C(C)C(C)(CC)CC. The Morgan fingerprint density at radius 1 is 0.625 bits per heavy atom. The monoisotopic (exact) mass is 226 g/mol. The van der Waals surface area contributed by atoms with Crippen molar-refractivity contribution in [1.29, 1.82) is 0 Å². The van der Waals surface area contributed by atoms with Crippen LogP contribution in [-0.4, -0.2) is 0 Å². The zero-order chi connectivity index (χ0) is 13.0. The smallest absolute Gasteiger partial charge is 0.0303 e. The maximum absolute atomic E-state index is 2.47. The lowest BCUT2D eigenvalue weighted by Crippen LogP contribution is -2.37. The van der Waals surface area contributed by atoms with E-state index in [4.69, 9.17) is 0 Å². The second-order valence-electron chi connectivity index (χ2n) is 6.30. The Balaban J connectivity index is 4.90. The second-order valence-corrected chi connectivity index (χ2v) is 6.30. The van der Waals surface area contributed by atoms with Crippen LogP contribution in [0.4, 0.5) is 0 Å². The molecule has 0 heteroatoms. The minimum Gasteiger partial charge on any atom is -0.0649 e. The molecule has 0 saturated heterocycles. The van der Waals surface area contributed by atoms with Crippen molar-refractivity contribution < 1.29 is 0 Å². The maximum atomic E-state index is 2.47. The first-order valence-corrected chi connectivity index (χ1v) is 7.31. The van der Waals surface area contributed by atoms with Crippen LogP contribution < -0.4 is 0 Å². The normalized spacial score (nSPS) is 17.2. The van der Waals surface area contributed by atoms with Gasteiger partial charge in [0.2, 0.25) is 0 Å². The van der Waals surface area contributed by atoms with Gasteiger partial charge in [-0.1, -0.05) is 81.1 Å². The van der Waals surface area contributed by atoms with Crippen molar-refractivity contribution in [3.8, 4) is 0 Å². The second kappa shape index (κ2) is 6.07. The first kappa shape index (κ1) is 16.0. The van der Waals surface area contributed by atoms with Crippen LogP contribution in [-0.2, 0) is 0 Å². The van der Waals surface area contributed by atoms with Gasteiger partial charge in [0.05, 0.1) is 0 Å². The third-order valence-corrected chi connectivity index (χ3v) is 6.18. The Morgan fingerprint density at radius 3 is 0.938 bits per heavy atom. The van der Waals surface area contributed by atoms with Crippen molar-refractivity contribution in [3.63, 3.8) is 0 Å². The van der Waals surface area contributed by atoms with Crippen molar-refractivity contribution >= 4 is 0 Å². The molecular weight excluding hydrogens is 192 g/mol. The van der Waals surface area contributed by atoms with Crippen LogP contribution >= 0.6 is 0 Å². The highest BCUT2D eigenvalue weighted by Crippen LogP contribution is 2.47. The van der Waals surface area contributed by atoms with E-state index in [0.717, 1.165) is 11.8 Å². The fraction of sp³-hybridized carbons (Fsp3) is 1.00. The zero-order valence-corrected chi connectivity index (χ0v) is 13.0. The molecule has 0 aromatic carbocycles. The van der Waals surface area contributed by atoms with E-state index in [0.29, 0.717) is 10.8 Å². The molecule has 0 spiro atoms. The van der Waals surface area contributed by atoms with Gasteiger partial charge in [-0.25, -0.2) is 0 Å². The van der Waals surface area contributed by atoms with Crippen LogP contribution in [0.5, 0.6) is 0 Å². The molecule has 0 N–H and O–H groups in total. The highest BCUT2D eigenvalue weighted by Gasteiger charge is 2.38. The highest BCUT2D eigenvalue weighted by molar-refractivity contribution is 4.88. The molecule has 0 aliphatic rings. The average Bonchev–Trinajstić information content (AvgIpc) is 2.34. The third kappa shape index (κ3) is 3.02. The predicted octanol–water partition coefficient (Wildman–Crippen LogP) is 5.91. The molecule has 2 atom stereocenters. The summed E-state index contributed by atoms with van der Waals surface area (Å²) in [5.41, 5.74) is 1.04. The predicted molar refractivity (Wildman–Crippen MR) is 75.7 cm³/mol. The summed E-state index contributed by atoms with van der Waals surface area (Å²) in [6, 6.07) is 0. The van der Waals surface area contributed by atoms with E-state index in [1.807, 2.05) is 0 Å². The molecule has 0 aromatic rings. The van der Waals surface area contributed by atoms with E-state index in [1.54, 1.807) is 0 Å². The molecule has 2 unspecified atom stereocenters. The zero-order valence-electron chi connectivity index (χ0n) is 13.0. The minimum absolute atomic E-state index is 0.519. The molecular formula is C16H34. The summed E-state index contributed by atoms with van der Waals surface area (Å²) in [5.74, 6) is 1.62. The molecule has 0 rings (SSSR count). The summed E-state index contributed by atoms with van der Waals surface area (Å²) < 4.78 is 0. The van der Waals surface area contributed by atoms with Crippen LogP contribution in [0.15, 0.2) is 0 Å². The van der Waals surface area contributed by atoms with E-state index in [9.17, 15) is 0 Å². The van der Waals surface area contributed by atoms with Gasteiger partial charge in [-0.15, -0.1) is 0 Å². The number of hydrogen-bond donors (Lipinski definition) is 0. The van der Waals surface area contributed by atoms with Gasteiger partial charge in [-0.3, -0.25) is 0 Å². The molecule has 0 aliphatic carbocycles. The Morgan fingerprint density at radius 2 is 0.812 bits per heavy atom. The molecule has 0 aliphatic heterocycles. The van der Waals surface area contributed by atoms with E-state index in [1.165, 1.54) is 25.7 Å². The summed E-state index contributed by atoms with van der Waals surface area (Å²) in [7, 11) is 0. The molecule has 0 radical (unpaired) electrons. The van der Waals surface area contributed by atoms with Gasteiger partial charge in [0.15, 0.2) is 0 Å². The quantitative estimate of drug-likeness (QED) is 0.506. The van der Waals surface area contributed by atoms with Gasteiger partial charge in [0, 0.05) is 0 Å². The molecule has 0 amide bonds. The lowest BCUT2D eigenvalue weighted by Gasteiger charge is -2.45. The summed E-state index contributed by atoms with van der Waals surface area (Å²) in [5, 5.41) is 0. The Kier molecular flexibility index (Phi) is 6.07. The van der Waals surface area contributed by atoms with Crippen molar-refractivity contribution in [3.05, 3.63) is 0 Å². The Hall–Kier alpha value is 0. The molecule has 98 valence electrons. The number of hydrogen-bond acceptors (Lipinski definition) is 0. The molecule has 0 bridgehead atoms. The van der Waals surface area contributed by atoms with Gasteiger partial charge in [-0.2, -0.15) is 0 Å². The molecule has 16 heavy (non-hydrogen) atoms. The molecule has 0 nitrogen and oxygen atoms in total. The van der Waals surface area contributed by atoms with E-state index in [-0.39, 0.29) is 0 Å². The fourth-order valence-electron chi connectivity index (χ4n) is 3.00. The Bertz CT molecular complexity index is 162. The van der Waals surface area contributed by atoms with E-state index < -0.39 is 0 Å². The topological polar surface area (TPSA) is 0 Å². The lowest BCUT2D eigenvalue weighted by atomic mass is 9.60. The standard InChI is InChI=1S/C16H34/c1-9-15(7,10-2)13(5)14(6)16(8,11-3)12-4/h13-14H,9-12H2,1-8H3. The molecule has 0 saturated carbocycles. The van der Waals surface area contributed by atoms with Crippen LogP contribution in [0.1, 0.15) is 81.1 Å². The molecule has 0 aromatic heterocycles. The summed E-state index contributed by atoms with van der Waals surface area (Å²) in [6.45, 7) is 19.3. The van der Waals surface area contributed by atoms with Crippen molar-refractivity contribution in [2.75, 3.05) is 0 Å². The maximum Gasteiger partial charge on any atom is -0.0303 e. The van der Waals surface area contributed by atoms with Crippen LogP contribution in [0.25, 0.3) is 0 Å². The van der Waals surface area contributed by atoms with Crippen molar-refractivity contribution in [1.82, 2.24) is 0 Å². The van der Waals surface area contributed by atoms with E-state index >= 15 is 0 Å². The van der Waals surface area contributed by atoms with Crippen molar-refractivity contribution in [2.24, 2.45) is 22.7 Å². The Labute approximate surface area is 104 Å². The van der Waals surface area contributed by atoms with Gasteiger partial charge in [-0.05, 0) is 22.7 Å². The number of rotatable bonds is 7. The van der Waals surface area contributed by atoms with Gasteiger partial charge in [0.25, 0.3) is 0 Å². The largest absolute Gasteiger partial charge is 0.0649 e.